The van der Waals surface area contributed by atoms with Gasteiger partial charge in [-0.3, -0.25) is 14.4 Å². The summed E-state index contributed by atoms with van der Waals surface area (Å²) in [5.74, 6) is -1.11. The van der Waals surface area contributed by atoms with Crippen LogP contribution < -0.4 is 16.6 Å². The lowest BCUT2D eigenvalue weighted by molar-refractivity contribution is -0.131. The van der Waals surface area contributed by atoms with Gasteiger partial charge in [0.05, 0.1) is 76.0 Å². The number of carbonyl (C=O) groups is 2. The van der Waals surface area contributed by atoms with Crippen LogP contribution >= 0.6 is 0 Å². The second-order valence-corrected chi connectivity index (χ2v) is 10.6. The minimum absolute atomic E-state index is 0.0319. The van der Waals surface area contributed by atoms with Crippen molar-refractivity contribution in [3.05, 3.63) is 75.5 Å². The molecule has 0 radical (unpaired) electrons. The molecular weight excluding hydrogens is 599 g/mol. The van der Waals surface area contributed by atoms with Gasteiger partial charge >= 0.3 is 0 Å². The van der Waals surface area contributed by atoms with E-state index in [2.05, 4.69) is 15.5 Å². The molecule has 2 aromatic carbocycles. The molecule has 0 spiro atoms. The summed E-state index contributed by atoms with van der Waals surface area (Å²) >= 11 is 0. The quantitative estimate of drug-likeness (QED) is 0.158. The van der Waals surface area contributed by atoms with Crippen molar-refractivity contribution < 1.29 is 32.9 Å². The maximum atomic E-state index is 14.8. The van der Waals surface area contributed by atoms with E-state index < -0.39 is 11.7 Å². The first-order valence-electron chi connectivity index (χ1n) is 15.5. The van der Waals surface area contributed by atoms with Crippen molar-refractivity contribution in [2.75, 3.05) is 98.7 Å². The molecule has 2 heterocycles. The van der Waals surface area contributed by atoms with Crippen molar-refractivity contribution in [2.24, 2.45) is 5.73 Å². The van der Waals surface area contributed by atoms with Gasteiger partial charge < -0.3 is 39.8 Å². The Balaban J connectivity index is 1.11. The maximum Gasteiger partial charge on any atom is 0.272 e. The number of piperazine rings is 1. The summed E-state index contributed by atoms with van der Waals surface area (Å²) in [5, 5.41) is 11.0. The normalized spacial score (nSPS) is 13.4. The van der Waals surface area contributed by atoms with E-state index in [0.717, 1.165) is 0 Å². The summed E-state index contributed by atoms with van der Waals surface area (Å²) in [5.41, 5.74) is 6.34. The fourth-order valence-electron chi connectivity index (χ4n) is 4.97. The number of hydrogen-bond donors (Lipinski definition) is 3. The van der Waals surface area contributed by atoms with Crippen LogP contribution in [0.5, 0.6) is 0 Å². The maximum absolute atomic E-state index is 14.8. The van der Waals surface area contributed by atoms with Crippen LogP contribution in [0, 0.1) is 5.82 Å². The zero-order valence-corrected chi connectivity index (χ0v) is 26.0. The van der Waals surface area contributed by atoms with Crippen molar-refractivity contribution in [2.45, 2.75) is 6.42 Å². The molecule has 1 aliphatic rings. The van der Waals surface area contributed by atoms with Gasteiger partial charge in [-0.2, -0.15) is 5.10 Å². The predicted octanol–water partition coefficient (Wildman–Crippen LogP) is 0.552. The zero-order valence-electron chi connectivity index (χ0n) is 26.0. The Bertz CT molecular complexity index is 1460. The molecule has 1 saturated heterocycles. The van der Waals surface area contributed by atoms with Gasteiger partial charge in [-0.25, -0.2) is 9.49 Å². The molecule has 2 amide bonds. The number of nitrogens with zero attached hydrogens (tertiary/aromatic N) is 3. The molecule has 4 N–H and O–H groups in total. The number of nitrogens with one attached hydrogen (secondary N) is 2. The third kappa shape index (κ3) is 10.6. The van der Waals surface area contributed by atoms with Gasteiger partial charge in [-0.05, 0) is 23.8 Å². The van der Waals surface area contributed by atoms with Crippen molar-refractivity contribution >= 4 is 22.6 Å². The Labute approximate surface area is 267 Å². The van der Waals surface area contributed by atoms with E-state index in [1.165, 1.54) is 12.1 Å². The Morgan fingerprint density at radius 2 is 1.46 bits per heavy atom. The largest absolute Gasteiger partial charge is 0.378 e. The monoisotopic (exact) mass is 642 g/mol. The van der Waals surface area contributed by atoms with Crippen molar-refractivity contribution in [3.63, 3.8) is 0 Å². The standard InChI is InChI=1S/C32H43FN6O7/c33-28-6-5-24(22-29-25-3-1-2-4-26(25)31(41)37-36-29)21-27(28)32(42)39-11-9-38(10-12-39)30(40)23-35-8-14-44-16-18-46-20-19-45-17-15-43-13-7-34/h1-6,21,35H,7-20,22-23,34H2,(H,37,41). The summed E-state index contributed by atoms with van der Waals surface area (Å²) in [4.78, 5) is 41.3. The van der Waals surface area contributed by atoms with E-state index in [0.29, 0.717) is 121 Å². The molecule has 14 heteroatoms. The van der Waals surface area contributed by atoms with Crippen LogP contribution in [0.1, 0.15) is 21.6 Å². The molecule has 4 rings (SSSR count). The van der Waals surface area contributed by atoms with Gasteiger partial charge in [0.2, 0.25) is 5.91 Å². The average molecular weight is 643 g/mol. The number of aromatic amines is 1. The van der Waals surface area contributed by atoms with E-state index in [9.17, 15) is 18.8 Å². The topological polar surface area (TPSA) is 161 Å². The third-order valence-electron chi connectivity index (χ3n) is 7.40. The number of amides is 2. The molecule has 0 saturated carbocycles. The van der Waals surface area contributed by atoms with Crippen molar-refractivity contribution in [3.8, 4) is 0 Å². The Kier molecular flexibility index (Phi) is 14.5. The van der Waals surface area contributed by atoms with Crippen molar-refractivity contribution in [1.82, 2.24) is 25.3 Å². The SMILES string of the molecule is NCCOCCOCCOCCOCCNCC(=O)N1CCN(C(=O)c2cc(Cc3n[nH]c(=O)c4ccccc34)ccc2F)CC1. The molecule has 3 aromatic rings. The van der Waals surface area contributed by atoms with E-state index in [1.54, 1.807) is 28.0 Å². The summed E-state index contributed by atoms with van der Waals surface area (Å²) in [6, 6.07) is 11.5. The number of nitrogens with two attached hydrogens (primary N) is 1. The van der Waals surface area contributed by atoms with Crippen LogP contribution in [0.25, 0.3) is 10.8 Å². The van der Waals surface area contributed by atoms with Crippen LogP contribution in [-0.4, -0.2) is 130 Å². The van der Waals surface area contributed by atoms with Crippen LogP contribution in [0.4, 0.5) is 4.39 Å². The number of hydrogen-bond acceptors (Lipinski definition) is 10. The Morgan fingerprint density at radius 3 is 2.13 bits per heavy atom. The minimum atomic E-state index is -0.612. The Hall–Kier alpha value is -3.79. The van der Waals surface area contributed by atoms with E-state index in [1.807, 2.05) is 12.1 Å². The van der Waals surface area contributed by atoms with Gasteiger partial charge in [-0.15, -0.1) is 0 Å². The zero-order chi connectivity index (χ0) is 32.6. The highest BCUT2D eigenvalue weighted by Gasteiger charge is 2.26. The molecule has 1 aromatic heterocycles. The van der Waals surface area contributed by atoms with Crippen LogP contribution in [0.3, 0.4) is 0 Å². The highest BCUT2D eigenvalue weighted by molar-refractivity contribution is 5.95. The molecule has 1 aliphatic heterocycles. The fraction of sp³-hybridized carbons (Fsp3) is 0.500. The molecule has 0 atom stereocenters. The molecule has 250 valence electrons. The number of rotatable bonds is 19. The second kappa shape index (κ2) is 19.0. The van der Waals surface area contributed by atoms with Gasteiger partial charge in [-0.1, -0.05) is 24.3 Å². The predicted molar refractivity (Wildman–Crippen MR) is 169 cm³/mol. The molecule has 0 bridgehead atoms. The van der Waals surface area contributed by atoms with Gasteiger partial charge in [0, 0.05) is 51.1 Å². The first kappa shape index (κ1) is 35.1. The second-order valence-electron chi connectivity index (χ2n) is 10.6. The minimum Gasteiger partial charge on any atom is -0.378 e. The molecular formula is C32H43FN6O7. The molecule has 0 aliphatic carbocycles. The number of halogens is 1. The number of benzene rings is 2. The average Bonchev–Trinajstić information content (AvgIpc) is 3.08. The lowest BCUT2D eigenvalue weighted by Gasteiger charge is -2.35. The van der Waals surface area contributed by atoms with Gasteiger partial charge in [0.25, 0.3) is 11.5 Å². The van der Waals surface area contributed by atoms with Gasteiger partial charge in [0.15, 0.2) is 0 Å². The Morgan fingerprint density at radius 1 is 0.848 bits per heavy atom. The van der Waals surface area contributed by atoms with Crippen molar-refractivity contribution in [1.29, 1.82) is 0 Å². The van der Waals surface area contributed by atoms with Crippen LogP contribution in [-0.2, 0) is 30.2 Å². The lowest BCUT2D eigenvalue weighted by atomic mass is 10.0. The van der Waals surface area contributed by atoms with Crippen LogP contribution in [0.15, 0.2) is 47.3 Å². The van der Waals surface area contributed by atoms with E-state index in [4.69, 9.17) is 24.7 Å². The molecule has 1 fully saturated rings. The third-order valence-corrected chi connectivity index (χ3v) is 7.40. The highest BCUT2D eigenvalue weighted by Crippen LogP contribution is 2.20. The van der Waals surface area contributed by atoms with E-state index >= 15 is 0 Å². The summed E-state index contributed by atoms with van der Waals surface area (Å²) in [7, 11) is 0. The molecule has 0 unspecified atom stereocenters. The van der Waals surface area contributed by atoms with E-state index in [-0.39, 0.29) is 23.6 Å². The first-order chi connectivity index (χ1) is 22.5. The van der Waals surface area contributed by atoms with Gasteiger partial charge in [0.1, 0.15) is 5.82 Å². The number of carbonyl (C=O) groups excluding carboxylic acids is 2. The first-order valence-corrected chi connectivity index (χ1v) is 15.5. The molecule has 46 heavy (non-hydrogen) atoms. The number of H-pyrrole nitrogens is 1. The summed E-state index contributed by atoms with van der Waals surface area (Å²) in [6.45, 7) is 6.32. The lowest BCUT2D eigenvalue weighted by Crippen LogP contribution is -2.52. The molecule has 13 nitrogen and oxygen atoms in total. The smallest absolute Gasteiger partial charge is 0.272 e. The number of aromatic nitrogens is 2. The number of ether oxygens (including phenoxy) is 4. The summed E-state index contributed by atoms with van der Waals surface area (Å²) in [6.07, 6.45) is 0.314. The summed E-state index contributed by atoms with van der Waals surface area (Å²) < 4.78 is 36.3. The number of fused-ring (bicyclic) bond motifs is 1. The highest BCUT2D eigenvalue weighted by atomic mass is 19.1. The fourth-order valence-corrected chi connectivity index (χ4v) is 4.97. The van der Waals surface area contributed by atoms with Crippen LogP contribution in [0.2, 0.25) is 0 Å².